The van der Waals surface area contributed by atoms with E-state index in [1.807, 2.05) is 13.8 Å². The smallest absolute Gasteiger partial charge is 0.341 e. The van der Waals surface area contributed by atoms with E-state index in [0.29, 0.717) is 25.7 Å². The van der Waals surface area contributed by atoms with Gasteiger partial charge in [-0.05, 0) is 49.4 Å². The van der Waals surface area contributed by atoms with E-state index in [0.717, 1.165) is 0 Å². The third-order valence-corrected chi connectivity index (χ3v) is 14.3. The quantitative estimate of drug-likeness (QED) is 0.215. The Morgan fingerprint density at radius 3 is 2.44 bits per heavy atom. The van der Waals surface area contributed by atoms with Gasteiger partial charge in [0, 0.05) is 43.9 Å². The largest absolute Gasteiger partial charge is 0.463 e. The molecule has 0 amide bonds. The van der Waals surface area contributed by atoms with Gasteiger partial charge in [0.2, 0.25) is 0 Å². The lowest BCUT2D eigenvalue weighted by Crippen LogP contribution is -2.72. The summed E-state index contributed by atoms with van der Waals surface area (Å²) in [6.45, 7) is 10.6. The molecule has 12 nitrogen and oxygen atoms in total. The molecule has 8 rings (SSSR count). The molecule has 45 heavy (non-hydrogen) atoms. The van der Waals surface area contributed by atoms with Crippen molar-refractivity contribution >= 4 is 17.9 Å². The van der Waals surface area contributed by atoms with E-state index in [9.17, 15) is 29.7 Å². The summed E-state index contributed by atoms with van der Waals surface area (Å²) in [6.07, 6.45) is -2.44. The van der Waals surface area contributed by atoms with Crippen LogP contribution < -0.4 is 0 Å². The number of cyclic esters (lactones) is 1. The molecular formula is C33H46O12. The summed E-state index contributed by atoms with van der Waals surface area (Å²) in [5, 5.41) is 36.0. The summed E-state index contributed by atoms with van der Waals surface area (Å²) >= 11 is 0. The molecule has 18 atom stereocenters. The van der Waals surface area contributed by atoms with Crippen LogP contribution in [0.2, 0.25) is 0 Å². The average molecular weight is 635 g/mol. The molecule has 3 N–H and O–H groups in total. The summed E-state index contributed by atoms with van der Waals surface area (Å²) in [5.41, 5.74) is -4.88. The molecule has 0 spiro atoms. The number of esters is 3. The summed E-state index contributed by atoms with van der Waals surface area (Å²) in [7, 11) is 0. The first kappa shape index (κ1) is 30.5. The van der Waals surface area contributed by atoms with Crippen molar-refractivity contribution in [1.82, 2.24) is 0 Å². The molecule has 0 aromatic carbocycles. The summed E-state index contributed by atoms with van der Waals surface area (Å²) in [4.78, 5) is 37.5. The van der Waals surface area contributed by atoms with Crippen LogP contribution in [0.15, 0.2) is 0 Å². The standard InChI is InChI=1S/C33H46O12/c1-13(19(37)11-32-7-8-40-28(38)31(32,6)45-32)23-18(36)9-16-22-17(10-21(29(16,23)4)41-14(2)34)30(5)26(42-15(3)35)24-20(43-24)12-33(30,39)27-25(22)44-27/h13,16-27,36-37,39H,7-12H2,1-6H3/t13-,16+,17+,18+,19-,20+,21+,22+,23+,24+,25+,26+,27+,29-,30+,31?,32?,33+/m1/s1. The maximum atomic E-state index is 12.7. The summed E-state index contributed by atoms with van der Waals surface area (Å²) in [5.74, 6) is -2.74. The normalized spacial score (nSPS) is 57.7. The predicted octanol–water partition coefficient (Wildman–Crippen LogP) is 1.04. The Kier molecular flexibility index (Phi) is 6.23. The lowest BCUT2D eigenvalue weighted by atomic mass is 9.41. The summed E-state index contributed by atoms with van der Waals surface area (Å²) in [6, 6.07) is 0. The van der Waals surface area contributed by atoms with E-state index in [1.165, 1.54) is 13.8 Å². The molecule has 4 saturated heterocycles. The number of aliphatic hydroxyl groups excluding tert-OH is 2. The topological polar surface area (TPSA) is 177 Å². The van der Waals surface area contributed by atoms with Gasteiger partial charge in [0.05, 0.1) is 31.0 Å². The number of fused-ring (bicyclic) bond motifs is 10. The number of hydrogen-bond donors (Lipinski definition) is 3. The van der Waals surface area contributed by atoms with Crippen LogP contribution in [0.25, 0.3) is 0 Å². The van der Waals surface area contributed by atoms with Gasteiger partial charge >= 0.3 is 17.9 Å². The fourth-order valence-electron chi connectivity index (χ4n) is 11.9. The first-order valence-corrected chi connectivity index (χ1v) is 16.6. The van der Waals surface area contributed by atoms with Crippen LogP contribution in [0.4, 0.5) is 0 Å². The maximum Gasteiger partial charge on any atom is 0.341 e. The van der Waals surface area contributed by atoms with Crippen molar-refractivity contribution in [3.05, 3.63) is 0 Å². The number of epoxide rings is 3. The minimum Gasteiger partial charge on any atom is -0.463 e. The lowest BCUT2D eigenvalue weighted by Gasteiger charge is -2.63. The Morgan fingerprint density at radius 2 is 1.76 bits per heavy atom. The van der Waals surface area contributed by atoms with Gasteiger partial charge in [-0.25, -0.2) is 4.79 Å². The van der Waals surface area contributed by atoms with Gasteiger partial charge in [-0.15, -0.1) is 0 Å². The van der Waals surface area contributed by atoms with Gasteiger partial charge in [0.25, 0.3) is 0 Å². The van der Waals surface area contributed by atoms with Crippen LogP contribution >= 0.6 is 0 Å². The van der Waals surface area contributed by atoms with Crippen LogP contribution in [0.5, 0.6) is 0 Å². The highest BCUT2D eigenvalue weighted by Crippen LogP contribution is 2.74. The SMILES string of the molecule is CC(=O)O[C@H]1C[C@H]2[C@@H]([C@@H]3O[C@@H]3[C@@]3(O)C[C@@H]4O[C@@H]4[C@H](OC(C)=O)[C@]23C)[C@@H]2C[C@H](O)[C@H]([C@H](C)[C@H](O)CC34CCOC(=O)C3(C)O4)[C@@]12C. The number of carbonyl (C=O) groups excluding carboxylic acids is 3. The fourth-order valence-corrected chi connectivity index (χ4v) is 11.9. The van der Waals surface area contributed by atoms with E-state index in [1.54, 1.807) is 6.92 Å². The van der Waals surface area contributed by atoms with Crippen LogP contribution in [0, 0.1) is 40.4 Å². The highest BCUT2D eigenvalue weighted by molar-refractivity contribution is 5.85. The zero-order chi connectivity index (χ0) is 32.2. The Morgan fingerprint density at radius 1 is 1.04 bits per heavy atom. The second kappa shape index (κ2) is 9.19. The van der Waals surface area contributed by atoms with Crippen molar-refractivity contribution in [2.45, 2.75) is 139 Å². The molecule has 0 aromatic rings. The van der Waals surface area contributed by atoms with Crippen LogP contribution in [-0.2, 0) is 42.8 Å². The van der Waals surface area contributed by atoms with E-state index < -0.39 is 87.9 Å². The van der Waals surface area contributed by atoms with Crippen LogP contribution in [0.3, 0.4) is 0 Å². The average Bonchev–Trinajstić information content (AvgIpc) is 3.86. The van der Waals surface area contributed by atoms with E-state index in [4.69, 9.17) is 28.4 Å². The molecule has 0 aromatic heterocycles. The molecule has 8 fully saturated rings. The predicted molar refractivity (Wildman–Crippen MR) is 151 cm³/mol. The Bertz CT molecular complexity index is 1340. The fraction of sp³-hybridized carbons (Fsp3) is 0.909. The maximum absolute atomic E-state index is 12.7. The molecule has 4 heterocycles. The van der Waals surface area contributed by atoms with Crippen molar-refractivity contribution in [1.29, 1.82) is 0 Å². The molecule has 250 valence electrons. The van der Waals surface area contributed by atoms with Gasteiger partial charge in [-0.1, -0.05) is 20.8 Å². The van der Waals surface area contributed by atoms with Crippen molar-refractivity contribution in [3.63, 3.8) is 0 Å². The number of rotatable bonds is 6. The molecular weight excluding hydrogens is 588 g/mol. The number of aliphatic hydroxyl groups is 3. The second-order valence-corrected chi connectivity index (χ2v) is 16.1. The van der Waals surface area contributed by atoms with E-state index in [2.05, 4.69) is 6.92 Å². The van der Waals surface area contributed by atoms with Gasteiger partial charge in [-0.3, -0.25) is 9.59 Å². The number of ether oxygens (including phenoxy) is 6. The number of carbonyl (C=O) groups is 3. The monoisotopic (exact) mass is 634 g/mol. The second-order valence-electron chi connectivity index (χ2n) is 16.1. The first-order valence-electron chi connectivity index (χ1n) is 16.6. The third kappa shape index (κ3) is 3.72. The van der Waals surface area contributed by atoms with Gasteiger partial charge in [0.15, 0.2) is 5.60 Å². The molecule has 2 unspecified atom stereocenters. The summed E-state index contributed by atoms with van der Waals surface area (Å²) < 4.78 is 35.6. The molecule has 4 saturated carbocycles. The van der Waals surface area contributed by atoms with Crippen LogP contribution in [0.1, 0.15) is 73.6 Å². The van der Waals surface area contributed by atoms with Gasteiger partial charge < -0.3 is 43.7 Å². The van der Waals surface area contributed by atoms with Gasteiger partial charge in [0.1, 0.15) is 35.6 Å². The van der Waals surface area contributed by atoms with Crippen molar-refractivity contribution in [2.24, 2.45) is 40.4 Å². The highest BCUT2D eigenvalue weighted by atomic mass is 16.7. The molecule has 12 heteroatoms. The molecule has 8 aliphatic rings. The zero-order valence-electron chi connectivity index (χ0n) is 26.8. The van der Waals surface area contributed by atoms with Crippen LogP contribution in [-0.4, -0.2) is 105 Å². The van der Waals surface area contributed by atoms with E-state index in [-0.39, 0.29) is 49.1 Å². The van der Waals surface area contributed by atoms with Crippen molar-refractivity contribution in [3.8, 4) is 0 Å². The molecule has 4 aliphatic carbocycles. The molecule has 4 aliphatic heterocycles. The minimum absolute atomic E-state index is 0.115. The molecule has 0 bridgehead atoms. The zero-order valence-corrected chi connectivity index (χ0v) is 26.8. The third-order valence-electron chi connectivity index (χ3n) is 14.3. The molecule has 0 radical (unpaired) electrons. The van der Waals surface area contributed by atoms with E-state index >= 15 is 0 Å². The highest BCUT2D eigenvalue weighted by Gasteiger charge is 2.84. The number of hydrogen-bond acceptors (Lipinski definition) is 12. The lowest BCUT2D eigenvalue weighted by molar-refractivity contribution is -0.250. The minimum atomic E-state index is -1.30. The Balaban J connectivity index is 1.15. The first-order chi connectivity index (χ1) is 21.0. The Labute approximate surface area is 262 Å². The van der Waals surface area contributed by atoms with Crippen molar-refractivity contribution < 1.29 is 58.1 Å². The van der Waals surface area contributed by atoms with Crippen molar-refractivity contribution in [2.75, 3.05) is 6.61 Å². The Hall–Kier alpha value is -1.83. The van der Waals surface area contributed by atoms with Gasteiger partial charge in [-0.2, -0.15) is 0 Å².